The molecule has 140 valence electrons. The van der Waals surface area contributed by atoms with Crippen molar-refractivity contribution >= 4 is 17.0 Å². The van der Waals surface area contributed by atoms with E-state index < -0.39 is 0 Å². The molecular formula is C20H27N3O2S. The molecule has 0 bridgehead atoms. The molecule has 0 aliphatic heterocycles. The second kappa shape index (κ2) is 9.03. The smallest absolute Gasteiger partial charge is 0.206 e. The molecule has 0 saturated heterocycles. The number of ether oxygens (including phenoxy) is 2. The molecule has 1 heterocycles. The van der Waals surface area contributed by atoms with Gasteiger partial charge in [-0.3, -0.25) is 4.99 Å². The van der Waals surface area contributed by atoms with E-state index in [9.17, 15) is 0 Å². The Labute approximate surface area is 159 Å². The Hall–Kier alpha value is -2.08. The normalized spacial score (nSPS) is 15.7. The number of rotatable bonds is 5. The number of thiazole rings is 1. The highest BCUT2D eigenvalue weighted by molar-refractivity contribution is 7.07. The molecule has 1 saturated carbocycles. The fourth-order valence-electron chi connectivity index (χ4n) is 3.21. The van der Waals surface area contributed by atoms with Gasteiger partial charge in [-0.25, -0.2) is 4.68 Å². The van der Waals surface area contributed by atoms with Crippen molar-refractivity contribution in [3.05, 3.63) is 28.4 Å². The highest BCUT2D eigenvalue weighted by Gasteiger charge is 2.15. The van der Waals surface area contributed by atoms with Crippen molar-refractivity contribution in [3.63, 3.8) is 0 Å². The van der Waals surface area contributed by atoms with Crippen molar-refractivity contribution in [1.82, 2.24) is 4.68 Å². The van der Waals surface area contributed by atoms with E-state index in [0.717, 1.165) is 46.9 Å². The van der Waals surface area contributed by atoms with Gasteiger partial charge in [0.2, 0.25) is 4.80 Å². The van der Waals surface area contributed by atoms with Gasteiger partial charge in [-0.2, -0.15) is 5.10 Å². The van der Waals surface area contributed by atoms with Crippen molar-refractivity contribution in [3.8, 4) is 22.8 Å². The van der Waals surface area contributed by atoms with Gasteiger partial charge in [-0.1, -0.05) is 12.8 Å². The van der Waals surface area contributed by atoms with Crippen molar-refractivity contribution in [2.24, 2.45) is 10.1 Å². The molecule has 0 atom stereocenters. The second-order valence-corrected chi connectivity index (χ2v) is 7.17. The van der Waals surface area contributed by atoms with Gasteiger partial charge in [0.05, 0.1) is 19.9 Å². The lowest BCUT2D eigenvalue weighted by Crippen LogP contribution is -2.15. The first-order valence-electron chi connectivity index (χ1n) is 9.27. The van der Waals surface area contributed by atoms with Crippen LogP contribution in [0.1, 0.15) is 45.4 Å². The van der Waals surface area contributed by atoms with E-state index >= 15 is 0 Å². The lowest BCUT2D eigenvalue weighted by atomic mass is 10.1. The summed E-state index contributed by atoms with van der Waals surface area (Å²) in [5.74, 6) is 1.56. The standard InChI is InChI=1S/C20H27N3O2S/c1-4-21-20-23(22-15-9-7-5-6-8-10-15)18(14-26-20)17-12-11-16(24-2)13-19(17)25-3/h11-14H,4-10H2,1-3H3. The molecule has 2 aromatic rings. The summed E-state index contributed by atoms with van der Waals surface area (Å²) in [6.07, 6.45) is 7.22. The lowest BCUT2D eigenvalue weighted by molar-refractivity contribution is 0.395. The zero-order valence-electron chi connectivity index (χ0n) is 15.8. The summed E-state index contributed by atoms with van der Waals surface area (Å²) in [6, 6.07) is 5.89. The van der Waals surface area contributed by atoms with Gasteiger partial charge in [0.1, 0.15) is 11.5 Å². The molecule has 1 aromatic heterocycles. The van der Waals surface area contributed by atoms with Crippen LogP contribution in [-0.2, 0) is 0 Å². The molecule has 0 amide bonds. The minimum Gasteiger partial charge on any atom is -0.497 e. The van der Waals surface area contributed by atoms with Crippen LogP contribution in [0.25, 0.3) is 11.3 Å². The van der Waals surface area contributed by atoms with Gasteiger partial charge in [0.25, 0.3) is 0 Å². The van der Waals surface area contributed by atoms with Crippen LogP contribution in [0, 0.1) is 0 Å². The summed E-state index contributed by atoms with van der Waals surface area (Å²) in [6.45, 7) is 2.79. The molecule has 0 radical (unpaired) electrons. The minimum atomic E-state index is 0.741. The highest BCUT2D eigenvalue weighted by atomic mass is 32.1. The molecule has 0 spiro atoms. The van der Waals surface area contributed by atoms with Crippen LogP contribution < -0.4 is 14.3 Å². The van der Waals surface area contributed by atoms with E-state index in [1.165, 1.54) is 31.4 Å². The van der Waals surface area contributed by atoms with Crippen molar-refractivity contribution in [2.75, 3.05) is 20.8 Å². The SMILES string of the molecule is CCN=c1scc(-c2ccc(OC)cc2OC)n1N=C1CCCCCC1. The second-order valence-electron chi connectivity index (χ2n) is 6.34. The number of nitrogens with zero attached hydrogens (tertiary/aromatic N) is 3. The Kier molecular flexibility index (Phi) is 6.50. The summed E-state index contributed by atoms with van der Waals surface area (Å²) in [5, 5.41) is 7.12. The summed E-state index contributed by atoms with van der Waals surface area (Å²) in [7, 11) is 3.35. The van der Waals surface area contributed by atoms with E-state index in [1.807, 2.05) is 22.9 Å². The largest absolute Gasteiger partial charge is 0.497 e. The molecule has 1 aromatic carbocycles. The van der Waals surface area contributed by atoms with Gasteiger partial charge in [0.15, 0.2) is 0 Å². The number of aromatic nitrogens is 1. The van der Waals surface area contributed by atoms with Gasteiger partial charge in [0, 0.05) is 29.3 Å². The maximum absolute atomic E-state index is 5.61. The maximum atomic E-state index is 5.61. The Balaban J connectivity index is 2.11. The average molecular weight is 374 g/mol. The van der Waals surface area contributed by atoms with Crippen molar-refractivity contribution in [1.29, 1.82) is 0 Å². The van der Waals surface area contributed by atoms with Crippen molar-refractivity contribution < 1.29 is 9.47 Å². The monoisotopic (exact) mass is 373 g/mol. The van der Waals surface area contributed by atoms with Crippen LogP contribution in [0.2, 0.25) is 0 Å². The van der Waals surface area contributed by atoms with Crippen LogP contribution in [0.15, 0.2) is 33.7 Å². The summed E-state index contributed by atoms with van der Waals surface area (Å²) < 4.78 is 12.9. The molecule has 0 unspecified atom stereocenters. The first kappa shape index (κ1) is 18.7. The van der Waals surface area contributed by atoms with Gasteiger partial charge in [-0.05, 0) is 44.7 Å². The molecule has 1 aliphatic rings. The molecule has 3 rings (SSSR count). The first-order chi connectivity index (χ1) is 12.8. The first-order valence-corrected chi connectivity index (χ1v) is 10.1. The summed E-state index contributed by atoms with van der Waals surface area (Å²) in [4.78, 5) is 5.57. The molecule has 1 aliphatic carbocycles. The van der Waals surface area contributed by atoms with E-state index in [0.29, 0.717) is 0 Å². The maximum Gasteiger partial charge on any atom is 0.206 e. The third-order valence-electron chi connectivity index (χ3n) is 4.59. The third kappa shape index (κ3) is 4.18. The van der Waals surface area contributed by atoms with E-state index in [-0.39, 0.29) is 0 Å². The van der Waals surface area contributed by atoms with Crippen LogP contribution in [0.3, 0.4) is 0 Å². The van der Waals surface area contributed by atoms with E-state index in [1.54, 1.807) is 25.6 Å². The Morgan fingerprint density at radius 2 is 1.85 bits per heavy atom. The zero-order valence-corrected chi connectivity index (χ0v) is 16.6. The van der Waals surface area contributed by atoms with Gasteiger partial charge < -0.3 is 9.47 Å². The predicted molar refractivity (Wildman–Crippen MR) is 107 cm³/mol. The number of benzene rings is 1. The summed E-state index contributed by atoms with van der Waals surface area (Å²) in [5.41, 5.74) is 3.28. The Bertz CT molecular complexity index is 826. The topological polar surface area (TPSA) is 48.1 Å². The molecule has 1 fully saturated rings. The number of hydrogen-bond acceptors (Lipinski definition) is 5. The average Bonchev–Trinajstić information content (AvgIpc) is 2.88. The van der Waals surface area contributed by atoms with Crippen LogP contribution in [0.5, 0.6) is 11.5 Å². The van der Waals surface area contributed by atoms with Crippen LogP contribution in [-0.4, -0.2) is 31.2 Å². The molecule has 6 heteroatoms. The fraction of sp³-hybridized carbons (Fsp3) is 0.500. The Morgan fingerprint density at radius 3 is 2.50 bits per heavy atom. The van der Waals surface area contributed by atoms with Crippen LogP contribution >= 0.6 is 11.3 Å². The number of hydrogen-bond donors (Lipinski definition) is 0. The zero-order chi connectivity index (χ0) is 18.4. The highest BCUT2D eigenvalue weighted by Crippen LogP contribution is 2.33. The van der Waals surface area contributed by atoms with Gasteiger partial charge in [-0.15, -0.1) is 11.3 Å². The van der Waals surface area contributed by atoms with Crippen molar-refractivity contribution in [2.45, 2.75) is 45.4 Å². The number of methoxy groups -OCH3 is 2. The minimum absolute atomic E-state index is 0.741. The fourth-order valence-corrected chi connectivity index (χ4v) is 4.10. The quantitative estimate of drug-likeness (QED) is 0.713. The lowest BCUT2D eigenvalue weighted by Gasteiger charge is -2.12. The molecule has 26 heavy (non-hydrogen) atoms. The summed E-state index contributed by atoms with van der Waals surface area (Å²) >= 11 is 1.62. The van der Waals surface area contributed by atoms with E-state index in [2.05, 4.69) is 17.3 Å². The van der Waals surface area contributed by atoms with Gasteiger partial charge >= 0.3 is 0 Å². The van der Waals surface area contributed by atoms with Crippen LogP contribution in [0.4, 0.5) is 0 Å². The molecular weight excluding hydrogens is 346 g/mol. The molecule has 0 N–H and O–H groups in total. The Morgan fingerprint density at radius 1 is 1.08 bits per heavy atom. The molecule has 5 nitrogen and oxygen atoms in total. The predicted octanol–water partition coefficient (Wildman–Crippen LogP) is 4.71. The third-order valence-corrected chi connectivity index (χ3v) is 5.44. The van der Waals surface area contributed by atoms with E-state index in [4.69, 9.17) is 14.6 Å².